The van der Waals surface area contributed by atoms with E-state index in [2.05, 4.69) is 17.1 Å². The number of carbonyl (C=O) groups excluding carboxylic acids is 1. The van der Waals surface area contributed by atoms with Crippen LogP contribution in [0.15, 0.2) is 29.2 Å². The van der Waals surface area contributed by atoms with Crippen molar-refractivity contribution in [3.8, 4) is 0 Å². The van der Waals surface area contributed by atoms with E-state index in [0.29, 0.717) is 44.5 Å². The summed E-state index contributed by atoms with van der Waals surface area (Å²) in [6.45, 7) is 6.39. The lowest BCUT2D eigenvalue weighted by atomic mass is 10.2. The molecule has 7 nitrogen and oxygen atoms in total. The Labute approximate surface area is 155 Å². The van der Waals surface area contributed by atoms with Gasteiger partial charge in [0.1, 0.15) is 0 Å². The highest BCUT2D eigenvalue weighted by Gasteiger charge is 2.27. The standard InChI is InChI=1S/C18H27N3O4S/c1-2-20-9-3-4-16(20)14-19-18(22)15-5-7-17(8-6-15)26(23,24)21-10-12-25-13-11-21/h5-8,16H,2-4,9-14H2,1H3,(H,19,22)/t16-/m0/s1. The van der Waals surface area contributed by atoms with Crippen LogP contribution in [-0.2, 0) is 14.8 Å². The van der Waals surface area contributed by atoms with E-state index in [0.717, 1.165) is 19.5 Å². The average Bonchev–Trinajstić information content (AvgIpc) is 3.14. The van der Waals surface area contributed by atoms with Gasteiger partial charge in [0.2, 0.25) is 10.0 Å². The number of ether oxygens (including phenoxy) is 1. The third-order valence-electron chi connectivity index (χ3n) is 5.13. The molecule has 2 aliphatic heterocycles. The monoisotopic (exact) mass is 381 g/mol. The van der Waals surface area contributed by atoms with Crippen LogP contribution in [0.3, 0.4) is 0 Å². The summed E-state index contributed by atoms with van der Waals surface area (Å²) in [7, 11) is -3.53. The van der Waals surface area contributed by atoms with Crippen molar-refractivity contribution in [1.82, 2.24) is 14.5 Å². The summed E-state index contributed by atoms with van der Waals surface area (Å²) in [5, 5.41) is 2.97. The molecule has 0 bridgehead atoms. The molecule has 0 aliphatic carbocycles. The Morgan fingerprint density at radius 1 is 1.19 bits per heavy atom. The Balaban J connectivity index is 1.60. The van der Waals surface area contributed by atoms with Crippen molar-refractivity contribution in [2.75, 3.05) is 45.9 Å². The van der Waals surface area contributed by atoms with Crippen molar-refractivity contribution in [2.45, 2.75) is 30.7 Å². The number of amides is 1. The zero-order valence-corrected chi connectivity index (χ0v) is 16.0. The quantitative estimate of drug-likeness (QED) is 0.793. The van der Waals surface area contributed by atoms with Gasteiger partial charge in [-0.3, -0.25) is 9.69 Å². The minimum Gasteiger partial charge on any atom is -0.379 e. The van der Waals surface area contributed by atoms with Crippen molar-refractivity contribution in [1.29, 1.82) is 0 Å². The Bertz CT molecular complexity index is 714. The molecule has 1 amide bonds. The van der Waals surface area contributed by atoms with Gasteiger partial charge in [-0.05, 0) is 50.2 Å². The molecule has 1 N–H and O–H groups in total. The minimum atomic E-state index is -3.53. The Kier molecular flexibility index (Phi) is 6.29. The lowest BCUT2D eigenvalue weighted by molar-refractivity contribution is 0.0730. The molecule has 0 saturated carbocycles. The lowest BCUT2D eigenvalue weighted by Crippen LogP contribution is -2.40. The number of benzene rings is 1. The van der Waals surface area contributed by atoms with Crippen LogP contribution in [0.5, 0.6) is 0 Å². The molecule has 26 heavy (non-hydrogen) atoms. The zero-order chi connectivity index (χ0) is 18.6. The van der Waals surface area contributed by atoms with Crippen molar-refractivity contribution in [3.05, 3.63) is 29.8 Å². The molecule has 0 unspecified atom stereocenters. The van der Waals surface area contributed by atoms with E-state index in [1.165, 1.54) is 22.9 Å². The summed E-state index contributed by atoms with van der Waals surface area (Å²) >= 11 is 0. The smallest absolute Gasteiger partial charge is 0.251 e. The second-order valence-corrected chi connectivity index (χ2v) is 8.61. The molecule has 2 heterocycles. The fraction of sp³-hybridized carbons (Fsp3) is 0.611. The van der Waals surface area contributed by atoms with Crippen LogP contribution in [0.25, 0.3) is 0 Å². The number of nitrogens with zero attached hydrogens (tertiary/aromatic N) is 2. The van der Waals surface area contributed by atoms with E-state index in [1.807, 2.05) is 0 Å². The molecular formula is C18H27N3O4S. The molecule has 144 valence electrons. The SMILES string of the molecule is CCN1CCC[C@H]1CNC(=O)c1ccc(S(=O)(=O)N2CCOCC2)cc1. The number of likely N-dealkylation sites (tertiary alicyclic amines) is 1. The molecule has 1 aromatic rings. The molecule has 8 heteroatoms. The van der Waals surface area contributed by atoms with Crippen molar-refractivity contribution >= 4 is 15.9 Å². The molecule has 1 aromatic carbocycles. The topological polar surface area (TPSA) is 79.0 Å². The molecular weight excluding hydrogens is 354 g/mol. The van der Waals surface area contributed by atoms with E-state index in [9.17, 15) is 13.2 Å². The van der Waals surface area contributed by atoms with Crippen LogP contribution >= 0.6 is 0 Å². The summed E-state index contributed by atoms with van der Waals surface area (Å²) in [5.74, 6) is -0.164. The van der Waals surface area contributed by atoms with Crippen LogP contribution in [-0.4, -0.2) is 75.5 Å². The van der Waals surface area contributed by atoms with Gasteiger partial charge in [0.15, 0.2) is 0 Å². The van der Waals surface area contributed by atoms with Gasteiger partial charge in [0, 0.05) is 31.2 Å². The van der Waals surface area contributed by atoms with Crippen molar-refractivity contribution < 1.29 is 17.9 Å². The van der Waals surface area contributed by atoms with Crippen LogP contribution in [0.4, 0.5) is 0 Å². The molecule has 2 fully saturated rings. The van der Waals surface area contributed by atoms with Crippen LogP contribution < -0.4 is 5.32 Å². The summed E-state index contributed by atoms with van der Waals surface area (Å²) in [6, 6.07) is 6.57. The van der Waals surface area contributed by atoms with Gasteiger partial charge in [0.05, 0.1) is 18.1 Å². The Hall–Kier alpha value is -1.48. The number of nitrogens with one attached hydrogen (secondary N) is 1. The maximum atomic E-state index is 12.6. The van der Waals surface area contributed by atoms with Gasteiger partial charge in [0.25, 0.3) is 5.91 Å². The van der Waals surface area contributed by atoms with Gasteiger partial charge in [-0.1, -0.05) is 6.92 Å². The molecule has 0 spiro atoms. The summed E-state index contributed by atoms with van der Waals surface area (Å²) < 4.78 is 31.8. The number of rotatable bonds is 6. The highest BCUT2D eigenvalue weighted by atomic mass is 32.2. The third-order valence-corrected chi connectivity index (χ3v) is 7.04. The highest BCUT2D eigenvalue weighted by molar-refractivity contribution is 7.89. The number of carbonyl (C=O) groups is 1. The first-order valence-corrected chi connectivity index (χ1v) is 10.7. The zero-order valence-electron chi connectivity index (χ0n) is 15.2. The number of morpholine rings is 1. The predicted octanol–water partition coefficient (Wildman–Crippen LogP) is 0.922. The van der Waals surface area contributed by atoms with Gasteiger partial charge >= 0.3 is 0 Å². The average molecular weight is 381 g/mol. The Morgan fingerprint density at radius 2 is 1.88 bits per heavy atom. The number of hydrogen-bond acceptors (Lipinski definition) is 5. The van der Waals surface area contributed by atoms with Crippen LogP contribution in [0.1, 0.15) is 30.1 Å². The maximum Gasteiger partial charge on any atom is 0.251 e. The number of likely N-dealkylation sites (N-methyl/N-ethyl adjacent to an activating group) is 1. The van der Waals surface area contributed by atoms with Gasteiger partial charge in [-0.15, -0.1) is 0 Å². The molecule has 3 rings (SSSR count). The van der Waals surface area contributed by atoms with E-state index in [1.54, 1.807) is 12.1 Å². The number of sulfonamides is 1. The van der Waals surface area contributed by atoms with Crippen molar-refractivity contribution in [3.63, 3.8) is 0 Å². The summed E-state index contributed by atoms with van der Waals surface area (Å²) in [4.78, 5) is 14.9. The fourth-order valence-corrected chi connectivity index (χ4v) is 4.98. The predicted molar refractivity (Wildman–Crippen MR) is 98.6 cm³/mol. The largest absolute Gasteiger partial charge is 0.379 e. The van der Waals surface area contributed by atoms with Crippen LogP contribution in [0.2, 0.25) is 0 Å². The molecule has 1 atom stereocenters. The first kappa shape index (κ1) is 19.3. The highest BCUT2D eigenvalue weighted by Crippen LogP contribution is 2.18. The van der Waals surface area contributed by atoms with E-state index < -0.39 is 10.0 Å². The second kappa shape index (κ2) is 8.47. The second-order valence-electron chi connectivity index (χ2n) is 6.68. The summed E-state index contributed by atoms with van der Waals surface area (Å²) in [5.41, 5.74) is 0.479. The third kappa shape index (κ3) is 4.25. The normalized spacial score (nSPS) is 22.4. The van der Waals surface area contributed by atoms with E-state index in [-0.39, 0.29) is 10.8 Å². The van der Waals surface area contributed by atoms with Crippen LogP contribution in [0, 0.1) is 0 Å². The van der Waals surface area contributed by atoms with E-state index in [4.69, 9.17) is 4.74 Å². The van der Waals surface area contributed by atoms with Gasteiger partial charge in [-0.2, -0.15) is 4.31 Å². The first-order valence-electron chi connectivity index (χ1n) is 9.22. The van der Waals surface area contributed by atoms with E-state index >= 15 is 0 Å². The van der Waals surface area contributed by atoms with Crippen molar-refractivity contribution in [2.24, 2.45) is 0 Å². The first-order chi connectivity index (χ1) is 12.5. The van der Waals surface area contributed by atoms with Gasteiger partial charge < -0.3 is 10.1 Å². The maximum absolute atomic E-state index is 12.6. The molecule has 0 radical (unpaired) electrons. The molecule has 2 saturated heterocycles. The molecule has 0 aromatic heterocycles. The number of hydrogen-bond donors (Lipinski definition) is 1. The molecule has 2 aliphatic rings. The fourth-order valence-electron chi connectivity index (χ4n) is 3.57. The minimum absolute atomic E-state index is 0.164. The lowest BCUT2D eigenvalue weighted by Gasteiger charge is -2.26. The summed E-state index contributed by atoms with van der Waals surface area (Å²) in [6.07, 6.45) is 2.27. The Morgan fingerprint density at radius 3 is 2.54 bits per heavy atom. The van der Waals surface area contributed by atoms with Gasteiger partial charge in [-0.25, -0.2) is 8.42 Å².